The van der Waals surface area contributed by atoms with Crippen molar-refractivity contribution in [1.29, 1.82) is 0 Å². The molecule has 0 amide bonds. The number of nitrogens with one attached hydrogen (secondary N) is 1. The summed E-state index contributed by atoms with van der Waals surface area (Å²) >= 11 is 0. The van der Waals surface area contributed by atoms with E-state index in [0.29, 0.717) is 12.0 Å². The van der Waals surface area contributed by atoms with E-state index in [1.807, 2.05) is 0 Å². The Hall–Kier alpha value is -0.0800. The molecule has 2 aliphatic carbocycles. The van der Waals surface area contributed by atoms with E-state index in [2.05, 4.69) is 19.2 Å². The quantitative estimate of drug-likeness (QED) is 0.748. The van der Waals surface area contributed by atoms with Crippen LogP contribution in [-0.4, -0.2) is 23.3 Å². The maximum Gasteiger partial charge on any atom is 0.0774 e. The fraction of sp³-hybridized carbons (Fsp3) is 1.00. The van der Waals surface area contributed by atoms with Crippen LogP contribution in [0.1, 0.15) is 52.4 Å². The van der Waals surface area contributed by atoms with Gasteiger partial charge in [0.05, 0.1) is 5.60 Å². The van der Waals surface area contributed by atoms with Crippen molar-refractivity contribution in [2.45, 2.75) is 64.0 Å². The van der Waals surface area contributed by atoms with Crippen LogP contribution in [0.5, 0.6) is 0 Å². The summed E-state index contributed by atoms with van der Waals surface area (Å²) in [5.74, 6) is 1.58. The van der Waals surface area contributed by atoms with E-state index in [4.69, 9.17) is 0 Å². The van der Waals surface area contributed by atoms with Crippen molar-refractivity contribution in [3.05, 3.63) is 0 Å². The average Bonchev–Trinajstić information content (AvgIpc) is 2.97. The van der Waals surface area contributed by atoms with Crippen LogP contribution in [-0.2, 0) is 0 Å². The minimum Gasteiger partial charge on any atom is -0.389 e. The molecule has 2 nitrogen and oxygen atoms in total. The molecular formula is C13H25NO. The summed E-state index contributed by atoms with van der Waals surface area (Å²) in [4.78, 5) is 0. The van der Waals surface area contributed by atoms with Gasteiger partial charge in [-0.1, -0.05) is 19.8 Å². The largest absolute Gasteiger partial charge is 0.389 e. The maximum absolute atomic E-state index is 10.4. The molecule has 2 aliphatic rings. The monoisotopic (exact) mass is 211 g/mol. The van der Waals surface area contributed by atoms with E-state index in [0.717, 1.165) is 25.3 Å². The summed E-state index contributed by atoms with van der Waals surface area (Å²) in [6, 6.07) is 0.603. The molecule has 0 spiro atoms. The third-order valence-corrected chi connectivity index (χ3v) is 4.15. The normalized spacial score (nSPS) is 39.0. The van der Waals surface area contributed by atoms with Crippen LogP contribution in [0.15, 0.2) is 0 Å². The molecule has 0 saturated heterocycles. The number of rotatable bonds is 4. The molecule has 3 unspecified atom stereocenters. The summed E-state index contributed by atoms with van der Waals surface area (Å²) in [6.07, 6.45) is 7.21. The molecular weight excluding hydrogens is 186 g/mol. The van der Waals surface area contributed by atoms with Gasteiger partial charge >= 0.3 is 0 Å². The van der Waals surface area contributed by atoms with Gasteiger partial charge in [0, 0.05) is 12.6 Å². The Kier molecular flexibility index (Phi) is 3.36. The van der Waals surface area contributed by atoms with Crippen LogP contribution in [0.4, 0.5) is 0 Å². The summed E-state index contributed by atoms with van der Waals surface area (Å²) in [5.41, 5.74) is -0.416. The van der Waals surface area contributed by atoms with Crippen LogP contribution in [0.25, 0.3) is 0 Å². The van der Waals surface area contributed by atoms with E-state index in [9.17, 15) is 5.11 Å². The third kappa shape index (κ3) is 3.18. The first-order valence-corrected chi connectivity index (χ1v) is 6.55. The van der Waals surface area contributed by atoms with Crippen molar-refractivity contribution < 1.29 is 5.11 Å². The second-order valence-corrected chi connectivity index (χ2v) is 5.93. The zero-order valence-corrected chi connectivity index (χ0v) is 10.1. The molecule has 2 saturated carbocycles. The van der Waals surface area contributed by atoms with Crippen molar-refractivity contribution in [2.75, 3.05) is 6.54 Å². The summed E-state index contributed by atoms with van der Waals surface area (Å²) in [5, 5.41) is 14.0. The fourth-order valence-electron chi connectivity index (χ4n) is 2.91. The molecule has 0 radical (unpaired) electrons. The molecule has 0 aromatic heterocycles. The Bertz CT molecular complexity index is 215. The molecule has 88 valence electrons. The molecule has 2 heteroatoms. The molecule has 2 rings (SSSR count). The average molecular weight is 211 g/mol. The van der Waals surface area contributed by atoms with E-state index in [1.165, 1.54) is 25.7 Å². The molecule has 0 aromatic carbocycles. The van der Waals surface area contributed by atoms with E-state index in [-0.39, 0.29) is 0 Å². The Morgan fingerprint density at radius 1 is 1.40 bits per heavy atom. The van der Waals surface area contributed by atoms with Crippen molar-refractivity contribution in [3.8, 4) is 0 Å². The van der Waals surface area contributed by atoms with Gasteiger partial charge in [0.1, 0.15) is 0 Å². The molecule has 2 fully saturated rings. The van der Waals surface area contributed by atoms with Crippen LogP contribution < -0.4 is 5.32 Å². The predicted molar refractivity (Wildman–Crippen MR) is 62.8 cm³/mol. The van der Waals surface area contributed by atoms with Crippen molar-refractivity contribution in [1.82, 2.24) is 5.32 Å². The molecule has 3 atom stereocenters. The van der Waals surface area contributed by atoms with Gasteiger partial charge in [0.2, 0.25) is 0 Å². The standard InChI is InChI=1S/C13H25NO/c1-10-4-3-7-13(15,8-10)9-14-11(2)12-5-6-12/h10-12,14-15H,3-9H2,1-2H3. The molecule has 2 N–H and O–H groups in total. The minimum atomic E-state index is -0.416. The Labute approximate surface area is 93.5 Å². The predicted octanol–water partition coefficient (Wildman–Crippen LogP) is 2.32. The topological polar surface area (TPSA) is 32.3 Å². The van der Waals surface area contributed by atoms with Gasteiger partial charge < -0.3 is 10.4 Å². The fourth-order valence-corrected chi connectivity index (χ4v) is 2.91. The molecule has 15 heavy (non-hydrogen) atoms. The number of aliphatic hydroxyl groups is 1. The highest BCUT2D eigenvalue weighted by molar-refractivity contribution is 4.90. The van der Waals surface area contributed by atoms with Crippen LogP contribution in [0, 0.1) is 11.8 Å². The van der Waals surface area contributed by atoms with Crippen LogP contribution in [0.3, 0.4) is 0 Å². The first-order valence-electron chi connectivity index (χ1n) is 6.55. The van der Waals surface area contributed by atoms with E-state index >= 15 is 0 Å². The van der Waals surface area contributed by atoms with Crippen LogP contribution >= 0.6 is 0 Å². The zero-order chi connectivity index (χ0) is 10.9. The maximum atomic E-state index is 10.4. The first kappa shape index (κ1) is 11.4. The molecule has 0 heterocycles. The lowest BCUT2D eigenvalue weighted by Gasteiger charge is -2.36. The van der Waals surface area contributed by atoms with E-state index in [1.54, 1.807) is 0 Å². The SMILES string of the molecule is CC1CCCC(O)(CNC(C)C2CC2)C1. The van der Waals surface area contributed by atoms with Crippen molar-refractivity contribution in [3.63, 3.8) is 0 Å². The van der Waals surface area contributed by atoms with Gasteiger partial charge in [-0.25, -0.2) is 0 Å². The summed E-state index contributed by atoms with van der Waals surface area (Å²) in [7, 11) is 0. The highest BCUT2D eigenvalue weighted by Gasteiger charge is 2.34. The third-order valence-electron chi connectivity index (χ3n) is 4.15. The number of hydrogen-bond donors (Lipinski definition) is 2. The van der Waals surface area contributed by atoms with Crippen molar-refractivity contribution in [2.24, 2.45) is 11.8 Å². The lowest BCUT2D eigenvalue weighted by molar-refractivity contribution is -0.0138. The first-order chi connectivity index (χ1) is 7.09. The van der Waals surface area contributed by atoms with Gasteiger partial charge in [-0.2, -0.15) is 0 Å². The van der Waals surface area contributed by atoms with Gasteiger partial charge in [0.15, 0.2) is 0 Å². The zero-order valence-electron chi connectivity index (χ0n) is 10.1. The van der Waals surface area contributed by atoms with Gasteiger partial charge in [-0.05, 0) is 44.4 Å². The summed E-state index contributed by atoms with van der Waals surface area (Å²) in [6.45, 7) is 5.32. The molecule has 0 aliphatic heterocycles. The van der Waals surface area contributed by atoms with E-state index < -0.39 is 5.60 Å². The van der Waals surface area contributed by atoms with Crippen molar-refractivity contribution >= 4 is 0 Å². The Morgan fingerprint density at radius 3 is 2.73 bits per heavy atom. The van der Waals surface area contributed by atoms with Gasteiger partial charge in [-0.3, -0.25) is 0 Å². The Morgan fingerprint density at radius 2 is 2.13 bits per heavy atom. The minimum absolute atomic E-state index is 0.416. The lowest BCUT2D eigenvalue weighted by atomic mass is 9.79. The summed E-state index contributed by atoms with van der Waals surface area (Å²) < 4.78 is 0. The smallest absolute Gasteiger partial charge is 0.0774 e. The highest BCUT2D eigenvalue weighted by atomic mass is 16.3. The molecule has 0 bridgehead atoms. The Balaban J connectivity index is 1.75. The number of hydrogen-bond acceptors (Lipinski definition) is 2. The second-order valence-electron chi connectivity index (χ2n) is 5.93. The second kappa shape index (κ2) is 4.42. The van der Waals surface area contributed by atoms with Crippen LogP contribution in [0.2, 0.25) is 0 Å². The lowest BCUT2D eigenvalue weighted by Crippen LogP contribution is -2.46. The van der Waals surface area contributed by atoms with Gasteiger partial charge in [-0.15, -0.1) is 0 Å². The molecule has 0 aromatic rings. The van der Waals surface area contributed by atoms with Gasteiger partial charge in [0.25, 0.3) is 0 Å². The highest BCUT2D eigenvalue weighted by Crippen LogP contribution is 2.34.